The van der Waals surface area contributed by atoms with Crippen LogP contribution in [-0.2, 0) is 9.53 Å². The highest BCUT2D eigenvalue weighted by atomic mass is 16.6. The summed E-state index contributed by atoms with van der Waals surface area (Å²) in [7, 11) is 0. The smallest absolute Gasteiger partial charge is 0.364 e. The summed E-state index contributed by atoms with van der Waals surface area (Å²) in [5, 5.41) is 0. The largest absolute Gasteiger partial charge is 0.388 e. The number of nitrogens with zero attached hydrogens (tertiary/aromatic N) is 1. The van der Waals surface area contributed by atoms with Crippen LogP contribution in [0.5, 0.6) is 0 Å². The van der Waals surface area contributed by atoms with E-state index in [-0.39, 0.29) is 12.1 Å². The maximum absolute atomic E-state index is 11.2. The lowest BCUT2D eigenvalue weighted by molar-refractivity contribution is -0.138. The third kappa shape index (κ3) is 2.97. The van der Waals surface area contributed by atoms with E-state index in [1.54, 1.807) is 12.1 Å². The van der Waals surface area contributed by atoms with Crippen LogP contribution in [-0.4, -0.2) is 16.9 Å². The number of hydrogen-bond acceptors (Lipinski definition) is 4. The van der Waals surface area contributed by atoms with E-state index in [4.69, 9.17) is 0 Å². The van der Waals surface area contributed by atoms with Gasteiger partial charge in [0.05, 0.1) is 0 Å². The Hall–Kier alpha value is -1.71. The number of ether oxygens (including phenoxy) is 1. The molecule has 0 aliphatic rings. The monoisotopic (exact) mass is 193 g/mol. The van der Waals surface area contributed by atoms with Crippen molar-refractivity contribution in [2.75, 3.05) is 0 Å². The molecule has 1 rings (SSSR count). The second-order valence-corrected chi connectivity index (χ2v) is 2.73. The van der Waals surface area contributed by atoms with Gasteiger partial charge in [0.15, 0.2) is 0 Å². The van der Waals surface area contributed by atoms with Crippen LogP contribution in [0.2, 0.25) is 0 Å². The lowest BCUT2D eigenvalue weighted by Gasteiger charge is -2.00. The van der Waals surface area contributed by atoms with Gasteiger partial charge in [-0.15, -0.1) is 0 Å². The van der Waals surface area contributed by atoms with E-state index in [1.807, 2.05) is 6.92 Å². The predicted molar refractivity (Wildman–Crippen MR) is 49.6 cm³/mol. The zero-order chi connectivity index (χ0) is 10.4. The molecule has 0 aliphatic carbocycles. The lowest BCUT2D eigenvalue weighted by Crippen LogP contribution is -2.13. The normalized spacial score (nSPS) is 9.50. The Kier molecular flexibility index (Phi) is 3.79. The first-order valence-corrected chi connectivity index (χ1v) is 4.40. The van der Waals surface area contributed by atoms with Gasteiger partial charge in [-0.3, -0.25) is 4.79 Å². The number of hydrogen-bond donors (Lipinski definition) is 0. The van der Waals surface area contributed by atoms with Crippen LogP contribution in [0.15, 0.2) is 24.4 Å². The van der Waals surface area contributed by atoms with Crippen LogP contribution in [0.1, 0.15) is 30.3 Å². The molecule has 4 nitrogen and oxygen atoms in total. The molecule has 0 N–H and O–H groups in total. The topological polar surface area (TPSA) is 56.3 Å². The first kappa shape index (κ1) is 10.4. The summed E-state index contributed by atoms with van der Waals surface area (Å²) in [5.74, 6) is -1.20. The first-order chi connectivity index (χ1) is 6.74. The summed E-state index contributed by atoms with van der Waals surface area (Å²) in [6, 6.07) is 4.85. The molecule has 0 aromatic carbocycles. The van der Waals surface area contributed by atoms with Gasteiger partial charge < -0.3 is 4.74 Å². The van der Waals surface area contributed by atoms with Crippen LogP contribution in [0.3, 0.4) is 0 Å². The third-order valence-electron chi connectivity index (χ3n) is 1.53. The predicted octanol–water partition coefficient (Wildman–Crippen LogP) is 1.57. The van der Waals surface area contributed by atoms with Crippen molar-refractivity contribution >= 4 is 11.9 Å². The van der Waals surface area contributed by atoms with E-state index >= 15 is 0 Å². The summed E-state index contributed by atoms with van der Waals surface area (Å²) in [5.41, 5.74) is 0.150. The van der Waals surface area contributed by atoms with Gasteiger partial charge in [-0.2, -0.15) is 0 Å². The number of carbonyl (C=O) groups is 2. The second kappa shape index (κ2) is 5.11. The Labute approximate surface area is 81.9 Å². The van der Waals surface area contributed by atoms with Gasteiger partial charge >= 0.3 is 11.9 Å². The minimum Gasteiger partial charge on any atom is -0.388 e. The molecule has 0 aliphatic heterocycles. The summed E-state index contributed by atoms with van der Waals surface area (Å²) in [4.78, 5) is 25.9. The molecule has 0 amide bonds. The van der Waals surface area contributed by atoms with Crippen molar-refractivity contribution < 1.29 is 14.3 Å². The highest BCUT2D eigenvalue weighted by molar-refractivity contribution is 5.95. The molecule has 0 radical (unpaired) electrons. The van der Waals surface area contributed by atoms with Crippen molar-refractivity contribution in [2.24, 2.45) is 0 Å². The van der Waals surface area contributed by atoms with Crippen LogP contribution < -0.4 is 0 Å². The molecule has 1 aromatic heterocycles. The summed E-state index contributed by atoms with van der Waals surface area (Å²) in [6.45, 7) is 1.84. The molecule has 1 aromatic rings. The Bertz CT molecular complexity index is 321. The standard InChI is InChI=1S/C10H11NO3/c1-2-5-9(12)14-10(13)8-6-3-4-7-11-8/h3-4,6-7H,2,5H2,1H3. The SMILES string of the molecule is CCCC(=O)OC(=O)c1ccccn1. The molecule has 14 heavy (non-hydrogen) atoms. The zero-order valence-electron chi connectivity index (χ0n) is 7.90. The van der Waals surface area contributed by atoms with E-state index in [9.17, 15) is 9.59 Å². The highest BCUT2D eigenvalue weighted by Gasteiger charge is 2.12. The van der Waals surface area contributed by atoms with Crippen molar-refractivity contribution in [3.05, 3.63) is 30.1 Å². The van der Waals surface area contributed by atoms with Gasteiger partial charge in [0.1, 0.15) is 5.69 Å². The molecule has 0 saturated heterocycles. The number of carbonyl (C=O) groups excluding carboxylic acids is 2. The lowest BCUT2D eigenvalue weighted by atomic mass is 10.3. The van der Waals surface area contributed by atoms with Gasteiger partial charge in [0.2, 0.25) is 0 Å². The summed E-state index contributed by atoms with van der Waals surface area (Å²) < 4.78 is 4.54. The van der Waals surface area contributed by atoms with Gasteiger partial charge in [0.25, 0.3) is 0 Å². The fourth-order valence-electron chi connectivity index (χ4n) is 0.894. The maximum Gasteiger partial charge on any atom is 0.364 e. The van der Waals surface area contributed by atoms with Gasteiger partial charge in [-0.1, -0.05) is 13.0 Å². The molecule has 0 fully saturated rings. The fourth-order valence-corrected chi connectivity index (χ4v) is 0.894. The summed E-state index contributed by atoms with van der Waals surface area (Å²) >= 11 is 0. The Morgan fingerprint density at radius 1 is 1.43 bits per heavy atom. The number of aromatic nitrogens is 1. The molecule has 0 spiro atoms. The van der Waals surface area contributed by atoms with E-state index in [0.717, 1.165) is 0 Å². The van der Waals surface area contributed by atoms with Crippen molar-refractivity contribution in [1.82, 2.24) is 4.98 Å². The average Bonchev–Trinajstić information content (AvgIpc) is 2.19. The fraction of sp³-hybridized carbons (Fsp3) is 0.300. The molecule has 0 bridgehead atoms. The van der Waals surface area contributed by atoms with Gasteiger partial charge in [0, 0.05) is 12.6 Å². The van der Waals surface area contributed by atoms with Crippen LogP contribution in [0, 0.1) is 0 Å². The van der Waals surface area contributed by atoms with Crippen molar-refractivity contribution in [1.29, 1.82) is 0 Å². The van der Waals surface area contributed by atoms with Gasteiger partial charge in [-0.05, 0) is 18.6 Å². The Morgan fingerprint density at radius 3 is 2.79 bits per heavy atom. The van der Waals surface area contributed by atoms with Crippen LogP contribution >= 0.6 is 0 Å². The molecule has 1 heterocycles. The summed E-state index contributed by atoms with van der Waals surface area (Å²) in [6.07, 6.45) is 2.38. The highest BCUT2D eigenvalue weighted by Crippen LogP contribution is 1.99. The van der Waals surface area contributed by atoms with Crippen molar-refractivity contribution in [2.45, 2.75) is 19.8 Å². The Morgan fingerprint density at radius 2 is 2.21 bits per heavy atom. The number of pyridine rings is 1. The number of esters is 2. The first-order valence-electron chi connectivity index (χ1n) is 4.40. The quantitative estimate of drug-likeness (QED) is 0.540. The molecule has 0 saturated carbocycles. The van der Waals surface area contributed by atoms with Crippen molar-refractivity contribution in [3.63, 3.8) is 0 Å². The number of rotatable bonds is 3. The van der Waals surface area contributed by atoms with Crippen LogP contribution in [0.25, 0.3) is 0 Å². The molecular formula is C10H11NO3. The minimum atomic E-state index is -0.691. The minimum absolute atomic E-state index is 0.150. The second-order valence-electron chi connectivity index (χ2n) is 2.73. The van der Waals surface area contributed by atoms with Crippen molar-refractivity contribution in [3.8, 4) is 0 Å². The molecule has 0 atom stereocenters. The van der Waals surface area contributed by atoms with E-state index in [0.29, 0.717) is 6.42 Å². The van der Waals surface area contributed by atoms with Crippen LogP contribution in [0.4, 0.5) is 0 Å². The maximum atomic E-state index is 11.2. The molecule has 4 heteroatoms. The molecule has 0 unspecified atom stereocenters. The van der Waals surface area contributed by atoms with E-state index in [1.165, 1.54) is 12.3 Å². The van der Waals surface area contributed by atoms with E-state index < -0.39 is 11.9 Å². The average molecular weight is 193 g/mol. The zero-order valence-corrected chi connectivity index (χ0v) is 7.90. The third-order valence-corrected chi connectivity index (χ3v) is 1.53. The molecule has 74 valence electrons. The van der Waals surface area contributed by atoms with E-state index in [2.05, 4.69) is 9.72 Å². The van der Waals surface area contributed by atoms with Gasteiger partial charge in [-0.25, -0.2) is 9.78 Å². The Balaban J connectivity index is 2.55. The molecular weight excluding hydrogens is 182 g/mol.